The highest BCUT2D eigenvalue weighted by Gasteiger charge is 2.14. The second kappa shape index (κ2) is 11.2. The Kier molecular flexibility index (Phi) is 7.86. The molecule has 33 heavy (non-hydrogen) atoms. The summed E-state index contributed by atoms with van der Waals surface area (Å²) in [6, 6.07) is 17.3. The predicted molar refractivity (Wildman–Crippen MR) is 119 cm³/mol. The maximum atomic E-state index is 12.3. The standard InChI is InChI=1S/C25H22N2O6/c1-17-6-3-4-8-21(17)32-16-24(28)33-22-10-9-18(13-23(22)30-2)12-19(14-26)25(29)27-15-20-7-5-11-31-20/h3-13H,15-16H2,1-2H3,(H,27,29)/b19-12+. The first kappa shape index (κ1) is 23.2. The van der Waals surface area contributed by atoms with Gasteiger partial charge < -0.3 is 23.9 Å². The third-order valence-corrected chi connectivity index (χ3v) is 4.53. The summed E-state index contributed by atoms with van der Waals surface area (Å²) < 4.78 is 21.3. The number of ether oxygens (including phenoxy) is 3. The number of aryl methyl sites for hydroxylation is 1. The number of hydrogen-bond donors (Lipinski definition) is 1. The van der Waals surface area contributed by atoms with Gasteiger partial charge in [-0.3, -0.25) is 4.79 Å². The van der Waals surface area contributed by atoms with Crippen LogP contribution in [0.25, 0.3) is 6.08 Å². The van der Waals surface area contributed by atoms with Gasteiger partial charge in [0.15, 0.2) is 18.1 Å². The molecule has 0 bridgehead atoms. The number of nitrogens with one attached hydrogen (secondary N) is 1. The van der Waals surface area contributed by atoms with E-state index < -0.39 is 11.9 Å². The molecule has 0 aliphatic carbocycles. The van der Waals surface area contributed by atoms with Crippen molar-refractivity contribution in [2.24, 2.45) is 0 Å². The fraction of sp³-hybridized carbons (Fsp3) is 0.160. The lowest BCUT2D eigenvalue weighted by Crippen LogP contribution is -2.23. The molecule has 0 saturated carbocycles. The highest BCUT2D eigenvalue weighted by Crippen LogP contribution is 2.29. The lowest BCUT2D eigenvalue weighted by atomic mass is 10.1. The Bertz CT molecular complexity index is 1190. The topological polar surface area (TPSA) is 111 Å². The molecule has 3 rings (SSSR count). The number of amides is 1. The molecule has 2 aromatic carbocycles. The number of hydrogen-bond acceptors (Lipinski definition) is 7. The van der Waals surface area contributed by atoms with Crippen LogP contribution in [0.1, 0.15) is 16.9 Å². The van der Waals surface area contributed by atoms with Crippen molar-refractivity contribution in [3.05, 3.63) is 83.3 Å². The molecule has 0 saturated heterocycles. The van der Waals surface area contributed by atoms with E-state index in [9.17, 15) is 14.9 Å². The molecule has 1 N–H and O–H groups in total. The second-order valence-corrected chi connectivity index (χ2v) is 6.87. The zero-order valence-electron chi connectivity index (χ0n) is 18.2. The maximum Gasteiger partial charge on any atom is 0.349 e. The average molecular weight is 446 g/mol. The monoisotopic (exact) mass is 446 g/mol. The van der Waals surface area contributed by atoms with Gasteiger partial charge in [-0.25, -0.2) is 4.79 Å². The number of nitrogens with zero attached hydrogens (tertiary/aromatic N) is 1. The molecule has 0 atom stereocenters. The molecule has 0 unspecified atom stereocenters. The van der Waals surface area contributed by atoms with E-state index in [1.165, 1.54) is 25.5 Å². The maximum absolute atomic E-state index is 12.3. The Morgan fingerprint density at radius 1 is 1.09 bits per heavy atom. The smallest absolute Gasteiger partial charge is 0.349 e. The van der Waals surface area contributed by atoms with Gasteiger partial charge >= 0.3 is 5.97 Å². The number of methoxy groups -OCH3 is 1. The van der Waals surface area contributed by atoms with Gasteiger partial charge in [0.1, 0.15) is 23.2 Å². The van der Waals surface area contributed by atoms with E-state index in [-0.39, 0.29) is 30.2 Å². The van der Waals surface area contributed by atoms with Gasteiger partial charge in [-0.15, -0.1) is 0 Å². The minimum Gasteiger partial charge on any atom is -0.493 e. The van der Waals surface area contributed by atoms with Crippen LogP contribution in [0.3, 0.4) is 0 Å². The van der Waals surface area contributed by atoms with E-state index in [0.29, 0.717) is 17.1 Å². The van der Waals surface area contributed by atoms with Crippen molar-refractivity contribution in [3.8, 4) is 23.3 Å². The predicted octanol–water partition coefficient (Wildman–Crippen LogP) is 3.80. The number of para-hydroxylation sites is 1. The molecule has 0 spiro atoms. The van der Waals surface area contributed by atoms with Crippen LogP contribution in [0.15, 0.2) is 70.9 Å². The van der Waals surface area contributed by atoms with Gasteiger partial charge in [-0.05, 0) is 54.5 Å². The molecule has 0 fully saturated rings. The summed E-state index contributed by atoms with van der Waals surface area (Å²) >= 11 is 0. The van der Waals surface area contributed by atoms with Gasteiger partial charge in [-0.2, -0.15) is 5.26 Å². The highest BCUT2D eigenvalue weighted by molar-refractivity contribution is 6.01. The largest absolute Gasteiger partial charge is 0.493 e. The molecule has 3 aromatic rings. The van der Waals surface area contributed by atoms with Crippen LogP contribution in [-0.4, -0.2) is 25.6 Å². The van der Waals surface area contributed by atoms with Gasteiger partial charge in [0.2, 0.25) is 0 Å². The van der Waals surface area contributed by atoms with Crippen LogP contribution >= 0.6 is 0 Å². The Morgan fingerprint density at radius 2 is 1.91 bits per heavy atom. The van der Waals surface area contributed by atoms with Gasteiger partial charge in [-0.1, -0.05) is 24.3 Å². The molecule has 1 amide bonds. The van der Waals surface area contributed by atoms with E-state index in [1.807, 2.05) is 31.2 Å². The zero-order valence-corrected chi connectivity index (χ0v) is 18.2. The van der Waals surface area contributed by atoms with Crippen molar-refractivity contribution < 1.29 is 28.2 Å². The van der Waals surface area contributed by atoms with Crippen molar-refractivity contribution in [2.75, 3.05) is 13.7 Å². The van der Waals surface area contributed by atoms with Crippen LogP contribution in [0, 0.1) is 18.3 Å². The van der Waals surface area contributed by atoms with E-state index in [1.54, 1.807) is 30.3 Å². The molecular weight excluding hydrogens is 424 g/mol. The van der Waals surface area contributed by atoms with Crippen molar-refractivity contribution >= 4 is 18.0 Å². The zero-order chi connectivity index (χ0) is 23.6. The summed E-state index contributed by atoms with van der Waals surface area (Å²) in [4.78, 5) is 24.5. The minimum absolute atomic E-state index is 0.0972. The Hall–Kier alpha value is -4.51. The highest BCUT2D eigenvalue weighted by atomic mass is 16.6. The first-order chi connectivity index (χ1) is 16.0. The molecule has 0 aliphatic heterocycles. The number of furan rings is 1. The molecule has 0 aliphatic rings. The van der Waals surface area contributed by atoms with Crippen molar-refractivity contribution in [1.29, 1.82) is 5.26 Å². The van der Waals surface area contributed by atoms with Gasteiger partial charge in [0.25, 0.3) is 5.91 Å². The summed E-state index contributed by atoms with van der Waals surface area (Å²) in [5.41, 5.74) is 1.33. The summed E-state index contributed by atoms with van der Waals surface area (Å²) in [5.74, 6) is 0.470. The quantitative estimate of drug-likeness (QED) is 0.230. The Balaban J connectivity index is 1.65. The normalized spacial score (nSPS) is 10.8. The summed E-state index contributed by atoms with van der Waals surface area (Å²) in [6.45, 7) is 1.76. The van der Waals surface area contributed by atoms with Gasteiger partial charge in [0.05, 0.1) is 19.9 Å². The number of esters is 1. The van der Waals surface area contributed by atoms with E-state index in [2.05, 4.69) is 5.32 Å². The number of rotatable bonds is 9. The first-order valence-electron chi connectivity index (χ1n) is 9.99. The molecule has 168 valence electrons. The van der Waals surface area contributed by atoms with Crippen LogP contribution in [-0.2, 0) is 16.1 Å². The third kappa shape index (κ3) is 6.48. The summed E-state index contributed by atoms with van der Waals surface area (Å²) in [5, 5.41) is 12.0. The van der Waals surface area contributed by atoms with Crippen LogP contribution in [0.4, 0.5) is 0 Å². The van der Waals surface area contributed by atoms with Gasteiger partial charge in [0, 0.05) is 0 Å². The van der Waals surface area contributed by atoms with Crippen LogP contribution in [0.2, 0.25) is 0 Å². The number of nitriles is 1. The Labute approximate surface area is 191 Å². The second-order valence-electron chi connectivity index (χ2n) is 6.87. The van der Waals surface area contributed by atoms with E-state index in [0.717, 1.165) is 5.56 Å². The number of carbonyl (C=O) groups is 2. The van der Waals surface area contributed by atoms with Crippen LogP contribution < -0.4 is 19.5 Å². The SMILES string of the molecule is COc1cc(/C=C(\C#N)C(=O)NCc2ccco2)ccc1OC(=O)COc1ccccc1C. The van der Waals surface area contributed by atoms with Crippen molar-refractivity contribution in [3.63, 3.8) is 0 Å². The average Bonchev–Trinajstić information content (AvgIpc) is 3.35. The lowest BCUT2D eigenvalue weighted by Gasteiger charge is -2.11. The number of benzene rings is 2. The first-order valence-corrected chi connectivity index (χ1v) is 9.99. The van der Waals surface area contributed by atoms with Crippen molar-refractivity contribution in [1.82, 2.24) is 5.32 Å². The molecule has 8 heteroatoms. The van der Waals surface area contributed by atoms with Crippen molar-refractivity contribution in [2.45, 2.75) is 13.5 Å². The molecular formula is C25H22N2O6. The summed E-state index contributed by atoms with van der Waals surface area (Å²) in [6.07, 6.45) is 2.91. The third-order valence-electron chi connectivity index (χ3n) is 4.53. The lowest BCUT2D eigenvalue weighted by molar-refractivity contribution is -0.136. The van der Waals surface area contributed by atoms with E-state index in [4.69, 9.17) is 18.6 Å². The fourth-order valence-corrected chi connectivity index (χ4v) is 2.86. The molecule has 8 nitrogen and oxygen atoms in total. The minimum atomic E-state index is -0.602. The molecule has 1 heterocycles. The Morgan fingerprint density at radius 3 is 2.61 bits per heavy atom. The fourth-order valence-electron chi connectivity index (χ4n) is 2.86. The number of carbonyl (C=O) groups excluding carboxylic acids is 2. The summed E-state index contributed by atoms with van der Waals surface area (Å²) in [7, 11) is 1.42. The molecule has 0 radical (unpaired) electrons. The van der Waals surface area contributed by atoms with Crippen LogP contribution in [0.5, 0.6) is 17.2 Å². The molecule has 1 aromatic heterocycles. The van der Waals surface area contributed by atoms with E-state index >= 15 is 0 Å².